The summed E-state index contributed by atoms with van der Waals surface area (Å²) in [7, 11) is -4.05. The first-order chi connectivity index (χ1) is 13.3. The molecular formula is C18H24F3N3O4S. The van der Waals surface area contributed by atoms with E-state index < -0.39 is 32.2 Å². The largest absolute Gasteiger partial charge is 0.416 e. The van der Waals surface area contributed by atoms with E-state index in [9.17, 15) is 26.4 Å². The fourth-order valence-electron chi connectivity index (χ4n) is 2.69. The van der Waals surface area contributed by atoms with Crippen LogP contribution in [0.5, 0.6) is 0 Å². The van der Waals surface area contributed by atoms with Crippen molar-refractivity contribution in [2.45, 2.75) is 50.2 Å². The SMILES string of the molecule is CC(C)(C)NC(=O)CON=C1CCN(S(=O)(=O)c2cccc(C(F)(F)F)c2)CC1. The number of oxime groups is 1. The van der Waals surface area contributed by atoms with Gasteiger partial charge in [-0.25, -0.2) is 8.42 Å². The molecule has 1 aromatic rings. The first-order valence-electron chi connectivity index (χ1n) is 8.95. The van der Waals surface area contributed by atoms with E-state index in [1.165, 1.54) is 0 Å². The minimum Gasteiger partial charge on any atom is -0.386 e. The van der Waals surface area contributed by atoms with Crippen molar-refractivity contribution in [3.63, 3.8) is 0 Å². The molecule has 0 aromatic heterocycles. The Kier molecular flexibility index (Phi) is 6.94. The van der Waals surface area contributed by atoms with Gasteiger partial charge >= 0.3 is 6.18 Å². The maximum Gasteiger partial charge on any atom is 0.416 e. The normalized spacial score (nSPS) is 16.4. The molecule has 0 unspecified atom stereocenters. The van der Waals surface area contributed by atoms with Crippen molar-refractivity contribution in [2.24, 2.45) is 5.16 Å². The molecule has 2 rings (SSSR count). The van der Waals surface area contributed by atoms with Gasteiger partial charge in [0.15, 0.2) is 6.61 Å². The lowest BCUT2D eigenvalue weighted by atomic mass is 10.1. The second-order valence-corrected chi connectivity index (χ2v) is 9.60. The average Bonchev–Trinajstić information content (AvgIpc) is 2.60. The van der Waals surface area contributed by atoms with Gasteiger partial charge in [0.05, 0.1) is 16.2 Å². The number of halogens is 3. The maximum atomic E-state index is 12.8. The van der Waals surface area contributed by atoms with Gasteiger partial charge < -0.3 is 10.2 Å². The zero-order chi connectivity index (χ0) is 21.9. The number of sulfonamides is 1. The molecule has 1 fully saturated rings. The number of benzene rings is 1. The summed E-state index contributed by atoms with van der Waals surface area (Å²) in [5.41, 5.74) is -0.819. The first kappa shape index (κ1) is 23.1. The fraction of sp³-hybridized carbons (Fsp3) is 0.556. The topological polar surface area (TPSA) is 88.1 Å². The number of piperidine rings is 1. The van der Waals surface area contributed by atoms with Crippen molar-refractivity contribution in [1.29, 1.82) is 0 Å². The van der Waals surface area contributed by atoms with E-state index in [-0.39, 0.29) is 38.4 Å². The molecule has 0 bridgehead atoms. The van der Waals surface area contributed by atoms with Crippen molar-refractivity contribution in [2.75, 3.05) is 19.7 Å². The Morgan fingerprint density at radius 1 is 1.21 bits per heavy atom. The number of nitrogens with one attached hydrogen (secondary N) is 1. The van der Waals surface area contributed by atoms with Gasteiger partial charge in [0.1, 0.15) is 0 Å². The van der Waals surface area contributed by atoms with Gasteiger partial charge in [-0.05, 0) is 39.0 Å². The number of carbonyl (C=O) groups excluding carboxylic acids is 1. The molecule has 0 saturated carbocycles. The van der Waals surface area contributed by atoms with Crippen LogP contribution >= 0.6 is 0 Å². The van der Waals surface area contributed by atoms with Crippen LogP contribution in [0.2, 0.25) is 0 Å². The Balaban J connectivity index is 1.95. The Morgan fingerprint density at radius 2 is 1.83 bits per heavy atom. The van der Waals surface area contributed by atoms with E-state index in [0.717, 1.165) is 22.5 Å². The molecule has 1 N–H and O–H groups in total. The zero-order valence-electron chi connectivity index (χ0n) is 16.4. The highest BCUT2D eigenvalue weighted by molar-refractivity contribution is 7.89. The Labute approximate surface area is 167 Å². The number of rotatable bonds is 5. The molecule has 0 aliphatic carbocycles. The molecule has 0 atom stereocenters. The van der Waals surface area contributed by atoms with Crippen LogP contribution in [-0.2, 0) is 25.8 Å². The number of hydrogen-bond acceptors (Lipinski definition) is 5. The number of hydrogen-bond donors (Lipinski definition) is 1. The number of carbonyl (C=O) groups is 1. The van der Waals surface area contributed by atoms with Gasteiger partial charge in [-0.2, -0.15) is 17.5 Å². The van der Waals surface area contributed by atoms with E-state index in [0.29, 0.717) is 11.8 Å². The van der Waals surface area contributed by atoms with E-state index in [1.54, 1.807) is 0 Å². The maximum absolute atomic E-state index is 12.8. The summed E-state index contributed by atoms with van der Waals surface area (Å²) < 4.78 is 65.0. The van der Waals surface area contributed by atoms with Crippen LogP contribution in [-0.4, -0.2) is 49.6 Å². The lowest BCUT2D eigenvalue weighted by Crippen LogP contribution is -2.42. The van der Waals surface area contributed by atoms with Crippen molar-refractivity contribution >= 4 is 21.6 Å². The quantitative estimate of drug-likeness (QED) is 0.721. The smallest absolute Gasteiger partial charge is 0.386 e. The highest BCUT2D eigenvalue weighted by atomic mass is 32.2. The molecule has 11 heteroatoms. The van der Waals surface area contributed by atoms with Crippen LogP contribution < -0.4 is 5.32 Å². The summed E-state index contributed by atoms with van der Waals surface area (Å²) in [6.45, 7) is 5.36. The van der Waals surface area contributed by atoms with Crippen molar-refractivity contribution in [1.82, 2.24) is 9.62 Å². The Bertz CT molecular complexity index is 867. The number of nitrogens with zero attached hydrogens (tertiary/aromatic N) is 2. The summed E-state index contributed by atoms with van der Waals surface area (Å²) in [4.78, 5) is 16.3. The standard InChI is InChI=1S/C18H24F3N3O4S/c1-17(2,3)22-16(25)12-28-23-14-7-9-24(10-8-14)29(26,27)15-6-4-5-13(11-15)18(19,20)21/h4-6,11H,7-10,12H2,1-3H3,(H,22,25). The lowest BCUT2D eigenvalue weighted by molar-refractivity contribution is -0.137. The molecule has 1 saturated heterocycles. The van der Waals surface area contributed by atoms with Gasteiger partial charge in [-0.3, -0.25) is 4.79 Å². The fourth-order valence-corrected chi connectivity index (χ4v) is 4.18. The highest BCUT2D eigenvalue weighted by Crippen LogP contribution is 2.31. The lowest BCUT2D eigenvalue weighted by Gasteiger charge is -2.27. The van der Waals surface area contributed by atoms with Crippen LogP contribution in [0.15, 0.2) is 34.3 Å². The molecular weight excluding hydrogens is 411 g/mol. The zero-order valence-corrected chi connectivity index (χ0v) is 17.2. The second kappa shape index (κ2) is 8.70. The second-order valence-electron chi connectivity index (χ2n) is 7.66. The third-order valence-electron chi connectivity index (χ3n) is 4.00. The van der Waals surface area contributed by atoms with Crippen LogP contribution in [0.1, 0.15) is 39.2 Å². The third-order valence-corrected chi connectivity index (χ3v) is 5.90. The van der Waals surface area contributed by atoms with Crippen molar-refractivity contribution in [3.8, 4) is 0 Å². The summed E-state index contributed by atoms with van der Waals surface area (Å²) >= 11 is 0. The predicted molar refractivity (Wildman–Crippen MR) is 101 cm³/mol. The monoisotopic (exact) mass is 435 g/mol. The first-order valence-corrected chi connectivity index (χ1v) is 10.4. The molecule has 1 amide bonds. The molecule has 29 heavy (non-hydrogen) atoms. The molecule has 0 spiro atoms. The molecule has 1 heterocycles. The van der Waals surface area contributed by atoms with Crippen LogP contribution in [0, 0.1) is 0 Å². The van der Waals surface area contributed by atoms with Gasteiger partial charge in [-0.15, -0.1) is 0 Å². The molecule has 0 radical (unpaired) electrons. The number of alkyl halides is 3. The minimum atomic E-state index is -4.62. The molecule has 7 nitrogen and oxygen atoms in total. The summed E-state index contributed by atoms with van der Waals surface area (Å²) in [6, 6.07) is 3.68. The molecule has 1 aliphatic heterocycles. The molecule has 162 valence electrons. The van der Waals surface area contributed by atoms with E-state index in [2.05, 4.69) is 10.5 Å². The van der Waals surface area contributed by atoms with Gasteiger partial charge in [0.25, 0.3) is 5.91 Å². The van der Waals surface area contributed by atoms with Crippen LogP contribution in [0.4, 0.5) is 13.2 Å². The van der Waals surface area contributed by atoms with Gasteiger partial charge in [-0.1, -0.05) is 11.2 Å². The van der Waals surface area contributed by atoms with Crippen LogP contribution in [0.25, 0.3) is 0 Å². The summed E-state index contributed by atoms with van der Waals surface area (Å²) in [5.74, 6) is -0.327. The predicted octanol–water partition coefficient (Wildman–Crippen LogP) is 2.78. The van der Waals surface area contributed by atoms with E-state index >= 15 is 0 Å². The molecule has 1 aromatic carbocycles. The van der Waals surface area contributed by atoms with Gasteiger partial charge in [0, 0.05) is 31.5 Å². The van der Waals surface area contributed by atoms with E-state index in [1.807, 2.05) is 20.8 Å². The Hall–Kier alpha value is -2.14. The molecule has 1 aliphatic rings. The van der Waals surface area contributed by atoms with Crippen LogP contribution in [0.3, 0.4) is 0 Å². The number of amides is 1. The summed E-state index contributed by atoms with van der Waals surface area (Å²) in [6.07, 6.45) is -4.10. The van der Waals surface area contributed by atoms with Gasteiger partial charge in [0.2, 0.25) is 10.0 Å². The van der Waals surface area contributed by atoms with Crippen molar-refractivity contribution < 1.29 is 31.2 Å². The van der Waals surface area contributed by atoms with E-state index in [4.69, 9.17) is 4.84 Å². The van der Waals surface area contributed by atoms with Crippen molar-refractivity contribution in [3.05, 3.63) is 29.8 Å². The third kappa shape index (κ3) is 6.70. The summed E-state index contributed by atoms with van der Waals surface area (Å²) in [5, 5.41) is 6.59. The Morgan fingerprint density at radius 3 is 2.38 bits per heavy atom. The highest BCUT2D eigenvalue weighted by Gasteiger charge is 2.33. The minimum absolute atomic E-state index is 0.0644. The average molecular weight is 435 g/mol.